The lowest BCUT2D eigenvalue weighted by Crippen LogP contribution is -1.99. The van der Waals surface area contributed by atoms with E-state index >= 15 is 0 Å². The molecule has 1 heterocycles. The molecule has 1 nitrogen and oxygen atoms in total. The van der Waals surface area contributed by atoms with Gasteiger partial charge in [0.25, 0.3) is 0 Å². The van der Waals surface area contributed by atoms with E-state index in [0.717, 1.165) is 10.6 Å². The summed E-state index contributed by atoms with van der Waals surface area (Å²) in [6.07, 6.45) is 0. The summed E-state index contributed by atoms with van der Waals surface area (Å²) in [5.41, 5.74) is 3.88. The average Bonchev–Trinajstić information content (AvgIpc) is 2.74. The van der Waals surface area contributed by atoms with Gasteiger partial charge >= 0.3 is 0 Å². The number of Topliss-reactive ketones (excluding diaryl/α,β-unsaturated/α-hetero) is 1. The van der Waals surface area contributed by atoms with Crippen LogP contribution in [0.4, 0.5) is 0 Å². The second-order valence-electron chi connectivity index (χ2n) is 4.82. The maximum absolute atomic E-state index is 12.0. The van der Waals surface area contributed by atoms with E-state index in [1.54, 1.807) is 23.1 Å². The van der Waals surface area contributed by atoms with Crippen molar-refractivity contribution in [1.82, 2.24) is 0 Å². The molecule has 0 radical (unpaired) electrons. The molecular weight excluding hydrogens is 272 g/mol. The minimum absolute atomic E-state index is 0.243. The normalized spacial score (nSPS) is 10.7. The molecule has 0 aliphatic rings. The fourth-order valence-electron chi connectivity index (χ4n) is 2.07. The van der Waals surface area contributed by atoms with Gasteiger partial charge in [-0.05, 0) is 38.5 Å². The van der Waals surface area contributed by atoms with Gasteiger partial charge in [-0.1, -0.05) is 29.3 Å². The Kier molecular flexibility index (Phi) is 4.83. The molecule has 0 saturated heterocycles. The van der Waals surface area contributed by atoms with Crippen LogP contribution in [0.3, 0.4) is 0 Å². The zero-order valence-corrected chi connectivity index (χ0v) is 13.2. The first-order valence-electron chi connectivity index (χ1n) is 6.29. The SMILES string of the molecule is Cc1cc(C)cc(CSCC(=O)c2ccc(C)s2)c1. The lowest BCUT2D eigenvalue weighted by molar-refractivity contribution is 0.102. The van der Waals surface area contributed by atoms with Crippen molar-refractivity contribution in [1.29, 1.82) is 0 Å². The number of carbonyl (C=O) groups is 1. The van der Waals surface area contributed by atoms with Crippen molar-refractivity contribution in [2.24, 2.45) is 0 Å². The molecule has 100 valence electrons. The molecule has 3 heteroatoms. The smallest absolute Gasteiger partial charge is 0.182 e. The van der Waals surface area contributed by atoms with Crippen molar-refractivity contribution in [3.05, 3.63) is 56.8 Å². The van der Waals surface area contributed by atoms with Gasteiger partial charge in [0, 0.05) is 10.6 Å². The Morgan fingerprint density at radius 3 is 2.37 bits per heavy atom. The molecule has 19 heavy (non-hydrogen) atoms. The van der Waals surface area contributed by atoms with E-state index in [9.17, 15) is 4.79 Å². The second kappa shape index (κ2) is 6.40. The van der Waals surface area contributed by atoms with Crippen LogP contribution in [0.25, 0.3) is 0 Å². The van der Waals surface area contributed by atoms with E-state index in [1.165, 1.54) is 21.6 Å². The van der Waals surface area contributed by atoms with Gasteiger partial charge in [0.05, 0.1) is 10.6 Å². The van der Waals surface area contributed by atoms with Gasteiger partial charge in [-0.15, -0.1) is 23.1 Å². The molecule has 2 aromatic rings. The number of aryl methyl sites for hydroxylation is 3. The topological polar surface area (TPSA) is 17.1 Å². The summed E-state index contributed by atoms with van der Waals surface area (Å²) in [7, 11) is 0. The molecule has 1 aromatic carbocycles. The van der Waals surface area contributed by atoms with Crippen LogP contribution in [0.15, 0.2) is 30.3 Å². The lowest BCUT2D eigenvalue weighted by Gasteiger charge is -2.04. The van der Waals surface area contributed by atoms with Crippen molar-refractivity contribution < 1.29 is 4.79 Å². The molecular formula is C16H18OS2. The molecule has 0 amide bonds. The van der Waals surface area contributed by atoms with E-state index in [-0.39, 0.29) is 5.78 Å². The number of rotatable bonds is 5. The number of thiophene rings is 1. The van der Waals surface area contributed by atoms with Crippen molar-refractivity contribution >= 4 is 28.9 Å². The standard InChI is InChI=1S/C16H18OS2/c1-11-6-12(2)8-14(7-11)9-18-10-15(17)16-5-4-13(3)19-16/h4-8H,9-10H2,1-3H3. The first-order valence-corrected chi connectivity index (χ1v) is 8.26. The molecule has 0 fully saturated rings. The minimum Gasteiger partial charge on any atom is -0.292 e. The van der Waals surface area contributed by atoms with E-state index in [4.69, 9.17) is 0 Å². The van der Waals surface area contributed by atoms with Gasteiger partial charge in [-0.3, -0.25) is 4.79 Å². The molecule has 0 N–H and O–H groups in total. The summed E-state index contributed by atoms with van der Waals surface area (Å²) in [6.45, 7) is 6.26. The second-order valence-corrected chi connectivity index (χ2v) is 7.10. The van der Waals surface area contributed by atoms with Crippen LogP contribution < -0.4 is 0 Å². The highest BCUT2D eigenvalue weighted by Crippen LogP contribution is 2.20. The number of thioether (sulfide) groups is 1. The van der Waals surface area contributed by atoms with Gasteiger partial charge in [-0.2, -0.15) is 0 Å². The molecule has 0 unspecified atom stereocenters. The Hall–Kier alpha value is -1.06. The van der Waals surface area contributed by atoms with Crippen LogP contribution in [-0.2, 0) is 5.75 Å². The van der Waals surface area contributed by atoms with Crippen LogP contribution in [-0.4, -0.2) is 11.5 Å². The predicted octanol–water partition coefficient (Wildman–Crippen LogP) is 4.79. The summed E-state index contributed by atoms with van der Waals surface area (Å²) >= 11 is 3.28. The third kappa shape index (κ3) is 4.22. The highest BCUT2D eigenvalue weighted by atomic mass is 32.2. The monoisotopic (exact) mass is 290 g/mol. The van der Waals surface area contributed by atoms with Crippen LogP contribution >= 0.6 is 23.1 Å². The van der Waals surface area contributed by atoms with Crippen LogP contribution in [0.5, 0.6) is 0 Å². The van der Waals surface area contributed by atoms with Crippen molar-refractivity contribution in [2.75, 3.05) is 5.75 Å². The summed E-state index contributed by atoms with van der Waals surface area (Å²) in [5, 5.41) is 0. The van der Waals surface area contributed by atoms with Crippen LogP contribution in [0, 0.1) is 20.8 Å². The average molecular weight is 290 g/mol. The Morgan fingerprint density at radius 1 is 1.11 bits per heavy atom. The first-order chi connectivity index (χ1) is 9.04. The Balaban J connectivity index is 1.88. The quantitative estimate of drug-likeness (QED) is 0.736. The summed E-state index contributed by atoms with van der Waals surface area (Å²) < 4.78 is 0. The van der Waals surface area contributed by atoms with Crippen LogP contribution in [0.1, 0.15) is 31.2 Å². The maximum atomic E-state index is 12.0. The van der Waals surface area contributed by atoms with Gasteiger partial charge in [0.2, 0.25) is 0 Å². The van der Waals surface area contributed by atoms with Crippen molar-refractivity contribution in [3.63, 3.8) is 0 Å². The van der Waals surface area contributed by atoms with E-state index in [0.29, 0.717) is 5.75 Å². The highest BCUT2D eigenvalue weighted by molar-refractivity contribution is 7.99. The molecule has 0 atom stereocenters. The molecule has 0 aliphatic heterocycles. The van der Waals surface area contributed by atoms with E-state index in [1.807, 2.05) is 19.1 Å². The fourth-order valence-corrected chi connectivity index (χ4v) is 3.81. The molecule has 2 rings (SSSR count). The zero-order valence-electron chi connectivity index (χ0n) is 11.5. The molecule has 0 spiro atoms. The van der Waals surface area contributed by atoms with Crippen LogP contribution in [0.2, 0.25) is 0 Å². The van der Waals surface area contributed by atoms with Gasteiger partial charge in [0.15, 0.2) is 5.78 Å². The van der Waals surface area contributed by atoms with Crippen molar-refractivity contribution in [2.45, 2.75) is 26.5 Å². The minimum atomic E-state index is 0.243. The molecule has 0 aliphatic carbocycles. The number of ketones is 1. The number of hydrogen-bond donors (Lipinski definition) is 0. The Bertz CT molecular complexity index is 564. The molecule has 1 aromatic heterocycles. The van der Waals surface area contributed by atoms with E-state index < -0.39 is 0 Å². The first kappa shape index (κ1) is 14.4. The molecule has 0 bridgehead atoms. The largest absolute Gasteiger partial charge is 0.292 e. The fraction of sp³-hybridized carbons (Fsp3) is 0.312. The maximum Gasteiger partial charge on any atom is 0.182 e. The third-order valence-electron chi connectivity index (χ3n) is 2.80. The van der Waals surface area contributed by atoms with Gasteiger partial charge in [-0.25, -0.2) is 0 Å². The summed E-state index contributed by atoms with van der Waals surface area (Å²) in [5.74, 6) is 1.71. The third-order valence-corrected chi connectivity index (χ3v) is 4.84. The number of benzene rings is 1. The van der Waals surface area contributed by atoms with Gasteiger partial charge < -0.3 is 0 Å². The van der Waals surface area contributed by atoms with Gasteiger partial charge in [0.1, 0.15) is 0 Å². The van der Waals surface area contributed by atoms with Crippen molar-refractivity contribution in [3.8, 4) is 0 Å². The summed E-state index contributed by atoms with van der Waals surface area (Å²) in [4.78, 5) is 14.0. The Labute approximate surface area is 123 Å². The number of carbonyl (C=O) groups excluding carboxylic acids is 1. The predicted molar refractivity (Wildman–Crippen MR) is 85.5 cm³/mol. The number of hydrogen-bond acceptors (Lipinski definition) is 3. The van der Waals surface area contributed by atoms with E-state index in [2.05, 4.69) is 32.0 Å². The zero-order chi connectivity index (χ0) is 13.8. The lowest BCUT2D eigenvalue weighted by atomic mass is 10.1. The Morgan fingerprint density at radius 2 is 1.79 bits per heavy atom. The summed E-state index contributed by atoms with van der Waals surface area (Å²) in [6, 6.07) is 10.5. The molecule has 0 saturated carbocycles. The highest BCUT2D eigenvalue weighted by Gasteiger charge is 2.08.